The van der Waals surface area contributed by atoms with Crippen molar-refractivity contribution in [3.05, 3.63) is 48.4 Å². The number of aromatic nitrogens is 2. The summed E-state index contributed by atoms with van der Waals surface area (Å²) in [5, 5.41) is 2.77. The van der Waals surface area contributed by atoms with Crippen LogP contribution in [0, 0.1) is 0 Å². The van der Waals surface area contributed by atoms with Gasteiger partial charge in [0.05, 0.1) is 18.8 Å². The Morgan fingerprint density at radius 3 is 2.66 bits per heavy atom. The van der Waals surface area contributed by atoms with Crippen LogP contribution < -0.4 is 15.8 Å². The summed E-state index contributed by atoms with van der Waals surface area (Å²) in [5.41, 5.74) is 9.84. The highest BCUT2D eigenvalue weighted by Gasteiger charge is 2.29. The number of nitrogens with two attached hydrogens (primary N) is 1. The number of carbonyl (C=O) groups excluding carboxylic acids is 1. The van der Waals surface area contributed by atoms with Gasteiger partial charge in [0.25, 0.3) is 0 Å². The summed E-state index contributed by atoms with van der Waals surface area (Å²) in [7, 11) is 1.58. The molecule has 0 spiro atoms. The minimum atomic E-state index is -4.25. The second-order valence-electron chi connectivity index (χ2n) is 8.47. The summed E-state index contributed by atoms with van der Waals surface area (Å²) in [6.45, 7) is 5.88. The van der Waals surface area contributed by atoms with E-state index in [1.165, 1.54) is 0 Å². The maximum atomic E-state index is 13.0. The summed E-state index contributed by atoms with van der Waals surface area (Å²) in [4.78, 5) is 18.9. The molecule has 190 valence electrons. The van der Waals surface area contributed by atoms with E-state index in [0.717, 1.165) is 16.7 Å². The standard InChI is InChI=1S/C25H32F3N5O2/c1-5-19(9-10-25(26,27)28)31-24(34)33(6-2)16(3)17-7-8-22(35-4)20(13-17)18-14-21(29)23-30-11-12-32(23)15-18/h7-8,11-16,19H,5-6,9-10,29H2,1-4H3,(H,31,34)/t16-,19?/m1/s1. The average molecular weight is 492 g/mol. The quantitative estimate of drug-likeness (QED) is 0.396. The number of alkyl halides is 3. The molecule has 0 aliphatic heterocycles. The number of hydrogen-bond acceptors (Lipinski definition) is 4. The van der Waals surface area contributed by atoms with Gasteiger partial charge in [-0.3, -0.25) is 0 Å². The molecule has 2 heterocycles. The summed E-state index contributed by atoms with van der Waals surface area (Å²) in [5.74, 6) is 0.644. The van der Waals surface area contributed by atoms with Crippen LogP contribution in [0.25, 0.3) is 16.8 Å². The molecule has 1 aromatic carbocycles. The molecule has 0 bridgehead atoms. The number of halogens is 3. The summed E-state index contributed by atoms with van der Waals surface area (Å²) in [6, 6.07) is 6.20. The number of carbonyl (C=O) groups is 1. The van der Waals surface area contributed by atoms with Crippen molar-refractivity contribution in [2.45, 2.75) is 58.3 Å². The molecule has 0 saturated carbocycles. The third kappa shape index (κ3) is 6.17. The fraction of sp³-hybridized carbons (Fsp3) is 0.440. The maximum absolute atomic E-state index is 13.0. The second kappa shape index (κ2) is 10.9. The first-order chi connectivity index (χ1) is 16.6. The van der Waals surface area contributed by atoms with Crippen molar-refractivity contribution in [3.8, 4) is 16.9 Å². The molecule has 35 heavy (non-hydrogen) atoms. The van der Waals surface area contributed by atoms with Gasteiger partial charge in [0.1, 0.15) is 5.75 Å². The van der Waals surface area contributed by atoms with Crippen LogP contribution in [0.15, 0.2) is 42.9 Å². The first-order valence-corrected chi connectivity index (χ1v) is 11.6. The lowest BCUT2D eigenvalue weighted by Crippen LogP contribution is -2.45. The van der Waals surface area contributed by atoms with Gasteiger partial charge >= 0.3 is 12.2 Å². The highest BCUT2D eigenvalue weighted by Crippen LogP contribution is 2.35. The molecule has 1 unspecified atom stereocenters. The van der Waals surface area contributed by atoms with Crippen molar-refractivity contribution in [1.29, 1.82) is 0 Å². The zero-order chi connectivity index (χ0) is 25.8. The molecule has 2 atom stereocenters. The lowest BCUT2D eigenvalue weighted by molar-refractivity contribution is -0.136. The number of imidazole rings is 1. The molecule has 2 aromatic heterocycles. The molecule has 0 aliphatic carbocycles. The second-order valence-corrected chi connectivity index (χ2v) is 8.47. The van der Waals surface area contributed by atoms with E-state index in [1.54, 1.807) is 31.3 Å². The third-order valence-corrected chi connectivity index (χ3v) is 6.20. The predicted octanol–water partition coefficient (Wildman–Crippen LogP) is 5.81. The molecule has 0 fully saturated rings. The average Bonchev–Trinajstić information content (AvgIpc) is 3.30. The number of amides is 2. The molecular weight excluding hydrogens is 459 g/mol. The van der Waals surface area contributed by atoms with Crippen molar-refractivity contribution in [3.63, 3.8) is 0 Å². The number of hydrogen-bond donors (Lipinski definition) is 2. The van der Waals surface area contributed by atoms with E-state index in [0.29, 0.717) is 30.0 Å². The fourth-order valence-electron chi connectivity index (χ4n) is 4.17. The predicted molar refractivity (Wildman–Crippen MR) is 130 cm³/mol. The largest absolute Gasteiger partial charge is 0.496 e. The summed E-state index contributed by atoms with van der Waals surface area (Å²) >= 11 is 0. The number of anilines is 1. The van der Waals surface area contributed by atoms with Crippen LogP contribution in [0.3, 0.4) is 0 Å². The molecule has 0 radical (unpaired) electrons. The van der Waals surface area contributed by atoms with E-state index in [-0.39, 0.29) is 12.5 Å². The van der Waals surface area contributed by atoms with E-state index < -0.39 is 24.7 Å². The smallest absolute Gasteiger partial charge is 0.389 e. The molecule has 0 aliphatic rings. The Hall–Kier alpha value is -3.43. The Morgan fingerprint density at radius 1 is 1.29 bits per heavy atom. The summed E-state index contributed by atoms with van der Waals surface area (Å²) in [6.07, 6.45) is 0.461. The third-order valence-electron chi connectivity index (χ3n) is 6.20. The zero-order valence-corrected chi connectivity index (χ0v) is 20.4. The monoisotopic (exact) mass is 491 g/mol. The van der Waals surface area contributed by atoms with Crippen LogP contribution >= 0.6 is 0 Å². The van der Waals surface area contributed by atoms with Crippen LogP contribution in [-0.2, 0) is 0 Å². The van der Waals surface area contributed by atoms with Gasteiger partial charge in [-0.1, -0.05) is 13.0 Å². The number of nitrogens with one attached hydrogen (secondary N) is 1. The number of fused-ring (bicyclic) bond motifs is 1. The number of methoxy groups -OCH3 is 1. The van der Waals surface area contributed by atoms with E-state index in [2.05, 4.69) is 10.3 Å². The Bertz CT molecular complexity index is 1160. The lowest BCUT2D eigenvalue weighted by Gasteiger charge is -2.31. The Balaban J connectivity index is 1.86. The van der Waals surface area contributed by atoms with E-state index >= 15 is 0 Å². The van der Waals surface area contributed by atoms with Gasteiger partial charge < -0.3 is 25.1 Å². The van der Waals surface area contributed by atoms with Crippen LogP contribution in [0.2, 0.25) is 0 Å². The van der Waals surface area contributed by atoms with Gasteiger partial charge in [-0.2, -0.15) is 13.2 Å². The zero-order valence-electron chi connectivity index (χ0n) is 20.4. The maximum Gasteiger partial charge on any atom is 0.389 e. The topological polar surface area (TPSA) is 84.9 Å². The molecule has 0 saturated heterocycles. The Kier molecular flexibility index (Phi) is 8.14. The number of nitrogens with zero attached hydrogens (tertiary/aromatic N) is 3. The van der Waals surface area contributed by atoms with Crippen LogP contribution in [-0.4, -0.2) is 46.2 Å². The first-order valence-electron chi connectivity index (χ1n) is 11.6. The van der Waals surface area contributed by atoms with Gasteiger partial charge in [-0.05, 0) is 50.5 Å². The van der Waals surface area contributed by atoms with Gasteiger partial charge in [-0.15, -0.1) is 0 Å². The van der Waals surface area contributed by atoms with Gasteiger partial charge in [0, 0.05) is 48.7 Å². The van der Waals surface area contributed by atoms with Crippen molar-refractivity contribution in [2.24, 2.45) is 0 Å². The molecule has 3 rings (SSSR count). The van der Waals surface area contributed by atoms with Crippen molar-refractivity contribution < 1.29 is 22.7 Å². The highest BCUT2D eigenvalue weighted by molar-refractivity contribution is 5.79. The Labute approximate surface area is 203 Å². The molecule has 3 N–H and O–H groups in total. The van der Waals surface area contributed by atoms with Crippen molar-refractivity contribution in [1.82, 2.24) is 19.6 Å². The van der Waals surface area contributed by atoms with Crippen molar-refractivity contribution >= 4 is 17.4 Å². The Morgan fingerprint density at radius 2 is 2.03 bits per heavy atom. The minimum Gasteiger partial charge on any atom is -0.496 e. The number of urea groups is 1. The van der Waals surface area contributed by atoms with Crippen LogP contribution in [0.1, 0.15) is 51.6 Å². The number of ether oxygens (including phenoxy) is 1. The van der Waals surface area contributed by atoms with E-state index in [9.17, 15) is 18.0 Å². The molecule has 10 heteroatoms. The fourth-order valence-corrected chi connectivity index (χ4v) is 4.17. The minimum absolute atomic E-state index is 0.150. The number of pyridine rings is 1. The normalized spacial score (nSPS) is 13.5. The SMILES string of the molecule is CCC(CCC(F)(F)F)NC(=O)N(CC)[C@H](C)c1ccc(OC)c(-c2cc(N)c3nccn3c2)c1. The molecule has 2 amide bonds. The highest BCUT2D eigenvalue weighted by atomic mass is 19.4. The van der Waals surface area contributed by atoms with Gasteiger partial charge in [0.2, 0.25) is 0 Å². The first kappa shape index (κ1) is 26.2. The number of rotatable bonds is 9. The van der Waals surface area contributed by atoms with Gasteiger partial charge in [0.15, 0.2) is 5.65 Å². The number of nitrogen functional groups attached to an aromatic ring is 1. The summed E-state index contributed by atoms with van der Waals surface area (Å²) < 4.78 is 45.4. The molecule has 7 nitrogen and oxygen atoms in total. The van der Waals surface area contributed by atoms with Crippen LogP contribution in [0.4, 0.5) is 23.7 Å². The molecular formula is C25H32F3N5O2. The lowest BCUT2D eigenvalue weighted by atomic mass is 9.99. The van der Waals surface area contributed by atoms with Crippen molar-refractivity contribution in [2.75, 3.05) is 19.4 Å². The van der Waals surface area contributed by atoms with E-state index in [4.69, 9.17) is 10.5 Å². The number of benzene rings is 1. The molecule has 3 aromatic rings. The van der Waals surface area contributed by atoms with Crippen LogP contribution in [0.5, 0.6) is 5.75 Å². The van der Waals surface area contributed by atoms with Gasteiger partial charge in [-0.25, -0.2) is 9.78 Å². The van der Waals surface area contributed by atoms with E-state index in [1.807, 2.05) is 48.7 Å².